The minimum Gasteiger partial charge on any atom is -0.395 e. The van der Waals surface area contributed by atoms with E-state index in [2.05, 4.69) is 19.2 Å². The number of nitrogens with one attached hydrogen (secondary N) is 1. The lowest BCUT2D eigenvalue weighted by molar-refractivity contribution is 0.158. The van der Waals surface area contributed by atoms with Crippen molar-refractivity contribution in [3.63, 3.8) is 0 Å². The quantitative estimate of drug-likeness (QED) is 0.619. The molecule has 15 heavy (non-hydrogen) atoms. The van der Waals surface area contributed by atoms with Crippen molar-refractivity contribution in [2.45, 2.75) is 58.0 Å². The molecule has 1 rings (SSSR count). The van der Waals surface area contributed by atoms with Crippen LogP contribution in [0, 0.1) is 5.41 Å². The van der Waals surface area contributed by atoms with Gasteiger partial charge in [0.25, 0.3) is 0 Å². The minimum absolute atomic E-state index is 0.0242. The first-order chi connectivity index (χ1) is 7.07. The first kappa shape index (κ1) is 12.9. The summed E-state index contributed by atoms with van der Waals surface area (Å²) in [6.45, 7) is 4.70. The second-order valence-electron chi connectivity index (χ2n) is 5.52. The average Bonchev–Trinajstić information content (AvgIpc) is 2.36. The van der Waals surface area contributed by atoms with Crippen LogP contribution in [0.1, 0.15) is 46.0 Å². The maximum Gasteiger partial charge on any atom is 0.0607 e. The Hall–Kier alpha value is -0.120. The third-order valence-electron chi connectivity index (χ3n) is 3.49. The third-order valence-corrected chi connectivity index (χ3v) is 3.49. The summed E-state index contributed by atoms with van der Waals surface area (Å²) >= 11 is 0. The number of aliphatic hydroxyl groups excluding tert-OH is 2. The van der Waals surface area contributed by atoms with Gasteiger partial charge in [-0.3, -0.25) is 0 Å². The second-order valence-corrected chi connectivity index (χ2v) is 5.52. The highest BCUT2D eigenvalue weighted by Gasteiger charge is 2.25. The van der Waals surface area contributed by atoms with Crippen molar-refractivity contribution in [2.75, 3.05) is 13.2 Å². The largest absolute Gasteiger partial charge is 0.395 e. The molecule has 1 atom stereocenters. The van der Waals surface area contributed by atoms with Gasteiger partial charge in [0.1, 0.15) is 0 Å². The monoisotopic (exact) mass is 215 g/mol. The zero-order valence-electron chi connectivity index (χ0n) is 10.00. The van der Waals surface area contributed by atoms with Gasteiger partial charge in [0.05, 0.1) is 19.3 Å². The fourth-order valence-electron chi connectivity index (χ4n) is 2.32. The molecule has 0 bridgehead atoms. The molecule has 0 radical (unpaired) electrons. The van der Waals surface area contributed by atoms with E-state index in [0.717, 1.165) is 6.42 Å². The predicted molar refractivity (Wildman–Crippen MR) is 61.7 cm³/mol. The summed E-state index contributed by atoms with van der Waals surface area (Å²) in [5, 5.41) is 21.3. The van der Waals surface area contributed by atoms with Crippen LogP contribution in [0.25, 0.3) is 0 Å². The standard InChI is InChI=1S/C12H25NO2/c1-12(2)6-3-4-10(5-7-12)13-11(8-14)9-15/h10-11,13-15H,3-9H2,1-2H3. The van der Waals surface area contributed by atoms with Crippen molar-refractivity contribution in [3.8, 4) is 0 Å². The number of rotatable bonds is 4. The van der Waals surface area contributed by atoms with E-state index in [9.17, 15) is 0 Å². The van der Waals surface area contributed by atoms with E-state index < -0.39 is 0 Å². The van der Waals surface area contributed by atoms with Crippen LogP contribution in [0.4, 0.5) is 0 Å². The molecule has 0 aromatic rings. The zero-order chi connectivity index (χ0) is 11.3. The Labute approximate surface area is 92.9 Å². The minimum atomic E-state index is -0.142. The maximum absolute atomic E-state index is 9.01. The molecule has 3 heteroatoms. The summed E-state index contributed by atoms with van der Waals surface area (Å²) in [5.41, 5.74) is 0.463. The Bertz CT molecular complexity index is 178. The number of aliphatic hydroxyl groups is 2. The van der Waals surface area contributed by atoms with Crippen LogP contribution in [0.2, 0.25) is 0 Å². The molecule has 1 aliphatic carbocycles. The first-order valence-electron chi connectivity index (χ1n) is 6.05. The fraction of sp³-hybridized carbons (Fsp3) is 1.00. The molecule has 0 aromatic carbocycles. The summed E-state index contributed by atoms with van der Waals surface area (Å²) in [7, 11) is 0. The van der Waals surface area contributed by atoms with Gasteiger partial charge in [-0.2, -0.15) is 0 Å². The van der Waals surface area contributed by atoms with Crippen molar-refractivity contribution in [2.24, 2.45) is 5.41 Å². The second kappa shape index (κ2) is 5.83. The van der Waals surface area contributed by atoms with Crippen LogP contribution in [0.5, 0.6) is 0 Å². The van der Waals surface area contributed by atoms with Gasteiger partial charge in [0.15, 0.2) is 0 Å². The van der Waals surface area contributed by atoms with Crippen LogP contribution in [0.15, 0.2) is 0 Å². The lowest BCUT2D eigenvalue weighted by Crippen LogP contribution is -2.42. The SMILES string of the molecule is CC1(C)CCCC(NC(CO)CO)CC1. The number of hydrogen-bond donors (Lipinski definition) is 3. The molecule has 3 nitrogen and oxygen atoms in total. The Balaban J connectivity index is 2.37. The van der Waals surface area contributed by atoms with Gasteiger partial charge >= 0.3 is 0 Å². The Morgan fingerprint density at radius 1 is 1.20 bits per heavy atom. The molecule has 90 valence electrons. The lowest BCUT2D eigenvalue weighted by Gasteiger charge is -2.24. The maximum atomic E-state index is 9.01. The van der Waals surface area contributed by atoms with Gasteiger partial charge in [0.2, 0.25) is 0 Å². The Morgan fingerprint density at radius 3 is 2.47 bits per heavy atom. The highest BCUT2D eigenvalue weighted by molar-refractivity contribution is 4.81. The molecule has 0 spiro atoms. The van der Waals surface area contributed by atoms with Crippen molar-refractivity contribution in [3.05, 3.63) is 0 Å². The molecule has 1 saturated carbocycles. The van der Waals surface area contributed by atoms with Crippen molar-refractivity contribution in [1.82, 2.24) is 5.32 Å². The van der Waals surface area contributed by atoms with E-state index in [4.69, 9.17) is 10.2 Å². The molecule has 1 unspecified atom stereocenters. The predicted octanol–water partition coefficient (Wildman–Crippen LogP) is 1.29. The summed E-state index contributed by atoms with van der Waals surface area (Å²) in [6, 6.07) is 0.326. The van der Waals surface area contributed by atoms with Crippen molar-refractivity contribution < 1.29 is 10.2 Å². The highest BCUT2D eigenvalue weighted by Crippen LogP contribution is 2.33. The van der Waals surface area contributed by atoms with Gasteiger partial charge in [-0.15, -0.1) is 0 Å². The summed E-state index contributed by atoms with van der Waals surface area (Å²) < 4.78 is 0. The van der Waals surface area contributed by atoms with E-state index in [0.29, 0.717) is 11.5 Å². The normalized spacial score (nSPS) is 26.6. The highest BCUT2D eigenvalue weighted by atomic mass is 16.3. The zero-order valence-corrected chi connectivity index (χ0v) is 10.00. The molecular formula is C12H25NO2. The van der Waals surface area contributed by atoms with Gasteiger partial charge in [-0.1, -0.05) is 20.3 Å². The van der Waals surface area contributed by atoms with Crippen LogP contribution >= 0.6 is 0 Å². The molecule has 0 saturated heterocycles. The molecule has 1 aliphatic rings. The van der Waals surface area contributed by atoms with E-state index in [1.165, 1.54) is 25.7 Å². The van der Waals surface area contributed by atoms with Crippen LogP contribution in [-0.2, 0) is 0 Å². The smallest absolute Gasteiger partial charge is 0.0607 e. The van der Waals surface area contributed by atoms with E-state index in [-0.39, 0.29) is 19.3 Å². The molecule has 0 aliphatic heterocycles. The summed E-state index contributed by atoms with van der Waals surface area (Å²) in [6.07, 6.45) is 6.08. The Kier molecular flexibility index (Phi) is 5.03. The molecule has 3 N–H and O–H groups in total. The molecule has 0 amide bonds. The molecule has 1 fully saturated rings. The van der Waals surface area contributed by atoms with Gasteiger partial charge in [-0.05, 0) is 31.1 Å². The number of hydrogen-bond acceptors (Lipinski definition) is 3. The van der Waals surface area contributed by atoms with Crippen LogP contribution in [-0.4, -0.2) is 35.5 Å². The summed E-state index contributed by atoms with van der Waals surface area (Å²) in [4.78, 5) is 0. The molecule has 0 heterocycles. The fourth-order valence-corrected chi connectivity index (χ4v) is 2.32. The molecule has 0 aromatic heterocycles. The van der Waals surface area contributed by atoms with Crippen LogP contribution in [0.3, 0.4) is 0 Å². The summed E-state index contributed by atoms with van der Waals surface area (Å²) in [5.74, 6) is 0. The lowest BCUT2D eigenvalue weighted by atomic mass is 9.85. The Morgan fingerprint density at radius 2 is 1.87 bits per heavy atom. The van der Waals surface area contributed by atoms with Crippen LogP contribution < -0.4 is 5.32 Å². The van der Waals surface area contributed by atoms with E-state index in [1.54, 1.807) is 0 Å². The van der Waals surface area contributed by atoms with Gasteiger partial charge < -0.3 is 15.5 Å². The topological polar surface area (TPSA) is 52.5 Å². The van der Waals surface area contributed by atoms with Crippen molar-refractivity contribution in [1.29, 1.82) is 0 Å². The van der Waals surface area contributed by atoms with Gasteiger partial charge in [0, 0.05) is 6.04 Å². The van der Waals surface area contributed by atoms with E-state index >= 15 is 0 Å². The molecular weight excluding hydrogens is 190 g/mol. The third kappa shape index (κ3) is 4.49. The van der Waals surface area contributed by atoms with E-state index in [1.807, 2.05) is 0 Å². The van der Waals surface area contributed by atoms with Crippen molar-refractivity contribution >= 4 is 0 Å². The average molecular weight is 215 g/mol. The first-order valence-corrected chi connectivity index (χ1v) is 6.05. The van der Waals surface area contributed by atoms with Gasteiger partial charge in [-0.25, -0.2) is 0 Å².